The first kappa shape index (κ1) is 13.5. The van der Waals surface area contributed by atoms with Crippen LogP contribution in [-0.4, -0.2) is 12.3 Å². The topological polar surface area (TPSA) is 43.1 Å². The molecule has 0 saturated heterocycles. The van der Waals surface area contributed by atoms with Gasteiger partial charge in [-0.3, -0.25) is 0 Å². The Kier molecular flexibility index (Phi) is 12.2. The molecule has 0 aromatic carbocycles. The van der Waals surface area contributed by atoms with Gasteiger partial charge in [-0.25, -0.2) is 0 Å². The number of Topliss-reactive ketones (excluding diaryl/α,β-unsaturated/α-hetero) is 1. The molecule has 2 N–H and O–H groups in total. The number of nitrogens with two attached hydrogens (primary N) is 1. The molecular formula is C8H18ClNO. The van der Waals surface area contributed by atoms with Gasteiger partial charge in [0.1, 0.15) is 5.78 Å². The van der Waals surface area contributed by atoms with Gasteiger partial charge in [0.25, 0.3) is 0 Å². The van der Waals surface area contributed by atoms with E-state index in [2.05, 4.69) is 0 Å². The van der Waals surface area contributed by atoms with Crippen LogP contribution < -0.4 is 5.73 Å². The van der Waals surface area contributed by atoms with E-state index in [-0.39, 0.29) is 12.4 Å². The molecule has 3 heteroatoms. The van der Waals surface area contributed by atoms with E-state index in [4.69, 9.17) is 5.73 Å². The maximum atomic E-state index is 10.5. The Morgan fingerprint density at radius 3 is 2.18 bits per heavy atom. The molecular weight excluding hydrogens is 162 g/mol. The van der Waals surface area contributed by atoms with E-state index >= 15 is 0 Å². The number of halogens is 1. The smallest absolute Gasteiger partial charge is 0.129 e. The number of rotatable bonds is 6. The van der Waals surface area contributed by atoms with Crippen LogP contribution in [0.25, 0.3) is 0 Å². The number of hydrogen-bond acceptors (Lipinski definition) is 2. The second kappa shape index (κ2) is 9.92. The molecule has 0 heterocycles. The van der Waals surface area contributed by atoms with Gasteiger partial charge in [0, 0.05) is 6.42 Å². The first-order valence-electron chi connectivity index (χ1n) is 3.97. The standard InChI is InChI=1S/C8H17NO.ClH/c1-8(10)6-4-2-3-5-7-9;/h2-7,9H2,1H3;1H. The first-order chi connectivity index (χ1) is 4.77. The van der Waals surface area contributed by atoms with Gasteiger partial charge >= 0.3 is 0 Å². The first-order valence-corrected chi connectivity index (χ1v) is 3.97. The zero-order valence-electron chi connectivity index (χ0n) is 7.14. The zero-order valence-corrected chi connectivity index (χ0v) is 7.95. The Labute approximate surface area is 74.9 Å². The third kappa shape index (κ3) is 13.0. The van der Waals surface area contributed by atoms with Crippen molar-refractivity contribution in [2.75, 3.05) is 6.54 Å². The molecule has 2 nitrogen and oxygen atoms in total. The third-order valence-corrected chi connectivity index (χ3v) is 1.48. The fourth-order valence-corrected chi connectivity index (χ4v) is 0.872. The van der Waals surface area contributed by atoms with Gasteiger partial charge < -0.3 is 10.5 Å². The maximum Gasteiger partial charge on any atom is 0.129 e. The number of ketones is 1. The molecule has 0 fully saturated rings. The maximum absolute atomic E-state index is 10.5. The van der Waals surface area contributed by atoms with Gasteiger partial charge in [0.2, 0.25) is 0 Å². The highest BCUT2D eigenvalue weighted by Crippen LogP contribution is 2.01. The van der Waals surface area contributed by atoms with E-state index in [1.165, 1.54) is 6.42 Å². The van der Waals surface area contributed by atoms with Crippen LogP contribution >= 0.6 is 12.4 Å². The number of carbonyl (C=O) groups is 1. The second-order valence-electron chi connectivity index (χ2n) is 2.65. The van der Waals surface area contributed by atoms with Crippen LogP contribution in [0.15, 0.2) is 0 Å². The van der Waals surface area contributed by atoms with Crippen molar-refractivity contribution in [1.29, 1.82) is 0 Å². The van der Waals surface area contributed by atoms with Crippen LogP contribution in [-0.2, 0) is 4.79 Å². The summed E-state index contributed by atoms with van der Waals surface area (Å²) in [5.41, 5.74) is 5.30. The molecule has 0 radical (unpaired) electrons. The molecule has 0 rings (SSSR count). The average Bonchev–Trinajstić information content (AvgIpc) is 1.87. The minimum absolute atomic E-state index is 0. The van der Waals surface area contributed by atoms with Gasteiger partial charge in [-0.1, -0.05) is 12.8 Å². The molecule has 0 aliphatic heterocycles. The lowest BCUT2D eigenvalue weighted by Gasteiger charge is -1.95. The molecule has 0 atom stereocenters. The number of hydrogen-bond donors (Lipinski definition) is 1. The monoisotopic (exact) mass is 179 g/mol. The van der Waals surface area contributed by atoms with Crippen molar-refractivity contribution >= 4 is 18.2 Å². The van der Waals surface area contributed by atoms with Crippen LogP contribution in [0.1, 0.15) is 39.0 Å². The van der Waals surface area contributed by atoms with E-state index in [1.54, 1.807) is 6.92 Å². The summed E-state index contributed by atoms with van der Waals surface area (Å²) in [6, 6.07) is 0. The molecule has 0 amide bonds. The lowest BCUT2D eigenvalue weighted by molar-refractivity contribution is -0.117. The normalized spacial score (nSPS) is 8.91. The Balaban J connectivity index is 0. The Hall–Kier alpha value is -0.0800. The highest BCUT2D eigenvalue weighted by molar-refractivity contribution is 5.85. The molecule has 0 aromatic rings. The second-order valence-corrected chi connectivity index (χ2v) is 2.65. The van der Waals surface area contributed by atoms with Gasteiger partial charge in [0.05, 0.1) is 0 Å². The summed E-state index contributed by atoms with van der Waals surface area (Å²) in [6.45, 7) is 2.42. The van der Waals surface area contributed by atoms with E-state index in [0.29, 0.717) is 5.78 Å². The number of carbonyl (C=O) groups excluding carboxylic acids is 1. The highest BCUT2D eigenvalue weighted by Gasteiger charge is 1.92. The molecule has 11 heavy (non-hydrogen) atoms. The van der Waals surface area contributed by atoms with Gasteiger partial charge in [-0.15, -0.1) is 12.4 Å². The summed E-state index contributed by atoms with van der Waals surface area (Å²) in [6.07, 6.45) is 5.19. The molecule has 68 valence electrons. The Morgan fingerprint density at radius 2 is 1.73 bits per heavy atom. The van der Waals surface area contributed by atoms with Crippen molar-refractivity contribution in [3.05, 3.63) is 0 Å². The summed E-state index contributed by atoms with van der Waals surface area (Å²) >= 11 is 0. The van der Waals surface area contributed by atoms with Crippen LogP contribution in [0.3, 0.4) is 0 Å². The van der Waals surface area contributed by atoms with E-state index in [0.717, 1.165) is 32.2 Å². The quantitative estimate of drug-likeness (QED) is 0.633. The third-order valence-electron chi connectivity index (χ3n) is 1.48. The molecule has 0 spiro atoms. The molecule has 0 aromatic heterocycles. The van der Waals surface area contributed by atoms with Gasteiger partial charge in [-0.05, 0) is 26.3 Å². The fraction of sp³-hybridized carbons (Fsp3) is 0.875. The van der Waals surface area contributed by atoms with Crippen LogP contribution in [0.5, 0.6) is 0 Å². The predicted molar refractivity (Wildman–Crippen MR) is 50.1 cm³/mol. The predicted octanol–water partition coefficient (Wildman–Crippen LogP) is 1.91. The number of unbranched alkanes of at least 4 members (excludes halogenated alkanes) is 3. The molecule has 0 saturated carbocycles. The zero-order chi connectivity index (χ0) is 7.82. The lowest BCUT2D eigenvalue weighted by Crippen LogP contribution is -1.98. The van der Waals surface area contributed by atoms with Crippen LogP contribution in [0.2, 0.25) is 0 Å². The lowest BCUT2D eigenvalue weighted by atomic mass is 10.1. The summed E-state index contributed by atoms with van der Waals surface area (Å²) in [5, 5.41) is 0. The van der Waals surface area contributed by atoms with Crippen molar-refractivity contribution in [2.24, 2.45) is 5.73 Å². The molecule has 0 bridgehead atoms. The van der Waals surface area contributed by atoms with Gasteiger partial charge in [0.15, 0.2) is 0 Å². The minimum atomic E-state index is 0. The van der Waals surface area contributed by atoms with Crippen molar-refractivity contribution in [3.8, 4) is 0 Å². The van der Waals surface area contributed by atoms with Crippen molar-refractivity contribution < 1.29 is 4.79 Å². The van der Waals surface area contributed by atoms with Crippen LogP contribution in [0, 0.1) is 0 Å². The fourth-order valence-electron chi connectivity index (χ4n) is 0.872. The Morgan fingerprint density at radius 1 is 1.18 bits per heavy atom. The molecule has 0 unspecified atom stereocenters. The van der Waals surface area contributed by atoms with E-state index < -0.39 is 0 Å². The van der Waals surface area contributed by atoms with Crippen molar-refractivity contribution in [2.45, 2.75) is 39.0 Å². The summed E-state index contributed by atoms with van der Waals surface area (Å²) in [5.74, 6) is 0.299. The summed E-state index contributed by atoms with van der Waals surface area (Å²) < 4.78 is 0. The van der Waals surface area contributed by atoms with Crippen molar-refractivity contribution in [1.82, 2.24) is 0 Å². The largest absolute Gasteiger partial charge is 0.330 e. The average molecular weight is 180 g/mol. The summed E-state index contributed by atoms with van der Waals surface area (Å²) in [4.78, 5) is 10.5. The highest BCUT2D eigenvalue weighted by atomic mass is 35.5. The van der Waals surface area contributed by atoms with E-state index in [9.17, 15) is 4.79 Å². The molecule has 0 aliphatic rings. The SMILES string of the molecule is CC(=O)CCCCCCN.Cl. The van der Waals surface area contributed by atoms with Crippen molar-refractivity contribution in [3.63, 3.8) is 0 Å². The van der Waals surface area contributed by atoms with Gasteiger partial charge in [-0.2, -0.15) is 0 Å². The molecule has 0 aliphatic carbocycles. The van der Waals surface area contributed by atoms with E-state index in [1.807, 2.05) is 0 Å². The van der Waals surface area contributed by atoms with Crippen LogP contribution in [0.4, 0.5) is 0 Å². The minimum Gasteiger partial charge on any atom is -0.330 e. The Bertz CT molecular complexity index is 96.1. The summed E-state index contributed by atoms with van der Waals surface area (Å²) in [7, 11) is 0.